The van der Waals surface area contributed by atoms with Gasteiger partial charge in [-0.1, -0.05) is 42.5 Å². The normalized spacial score (nSPS) is 24.1. The van der Waals surface area contributed by atoms with Crippen LogP contribution >= 0.6 is 0 Å². The lowest BCUT2D eigenvalue weighted by atomic mass is 9.98. The van der Waals surface area contributed by atoms with Gasteiger partial charge < -0.3 is 16.2 Å². The standard InChI is InChI=1S/C16H16N2O2/c17-13-8-6-12(7-9-13)16(18-15(19)20)10-14(16)11-4-2-1-3-5-11/h1-9,14,18H,10,17H2,(H,19,20). The Morgan fingerprint density at radius 1 is 1.15 bits per heavy atom. The number of carboxylic acid groups (broad SMARTS) is 1. The Balaban J connectivity index is 1.96. The maximum atomic E-state index is 11.1. The predicted octanol–water partition coefficient (Wildman–Crippen LogP) is 2.92. The first-order valence-electron chi connectivity index (χ1n) is 6.54. The molecule has 0 saturated heterocycles. The van der Waals surface area contributed by atoms with Crippen molar-refractivity contribution in [1.82, 2.24) is 5.32 Å². The summed E-state index contributed by atoms with van der Waals surface area (Å²) in [6.45, 7) is 0. The van der Waals surface area contributed by atoms with Crippen molar-refractivity contribution in [2.75, 3.05) is 5.73 Å². The van der Waals surface area contributed by atoms with Crippen LogP contribution in [0.5, 0.6) is 0 Å². The van der Waals surface area contributed by atoms with Gasteiger partial charge in [-0.2, -0.15) is 0 Å². The van der Waals surface area contributed by atoms with Gasteiger partial charge in [0.05, 0.1) is 5.54 Å². The van der Waals surface area contributed by atoms with Gasteiger partial charge in [0.2, 0.25) is 0 Å². The van der Waals surface area contributed by atoms with Crippen molar-refractivity contribution in [1.29, 1.82) is 0 Å². The van der Waals surface area contributed by atoms with Crippen molar-refractivity contribution >= 4 is 11.8 Å². The quantitative estimate of drug-likeness (QED) is 0.749. The van der Waals surface area contributed by atoms with E-state index in [0.29, 0.717) is 5.69 Å². The van der Waals surface area contributed by atoms with Crippen LogP contribution in [0.25, 0.3) is 0 Å². The summed E-state index contributed by atoms with van der Waals surface area (Å²) in [5.74, 6) is 0.170. The molecule has 0 aromatic heterocycles. The first-order valence-corrected chi connectivity index (χ1v) is 6.54. The van der Waals surface area contributed by atoms with Gasteiger partial charge in [0.25, 0.3) is 0 Å². The van der Waals surface area contributed by atoms with E-state index in [4.69, 9.17) is 10.8 Å². The average Bonchev–Trinajstić information content (AvgIpc) is 3.15. The van der Waals surface area contributed by atoms with E-state index in [0.717, 1.165) is 17.5 Å². The molecule has 1 fully saturated rings. The van der Waals surface area contributed by atoms with E-state index in [-0.39, 0.29) is 5.92 Å². The zero-order chi connectivity index (χ0) is 14.2. The summed E-state index contributed by atoms with van der Waals surface area (Å²) in [6.07, 6.45) is -0.229. The first kappa shape index (κ1) is 12.5. The molecule has 0 bridgehead atoms. The van der Waals surface area contributed by atoms with Crippen molar-refractivity contribution in [3.63, 3.8) is 0 Å². The fourth-order valence-corrected chi connectivity index (χ4v) is 2.85. The number of hydrogen-bond acceptors (Lipinski definition) is 2. The highest BCUT2D eigenvalue weighted by atomic mass is 16.4. The van der Waals surface area contributed by atoms with Gasteiger partial charge in [0.15, 0.2) is 0 Å². The number of carbonyl (C=O) groups is 1. The molecule has 4 heteroatoms. The first-order chi connectivity index (χ1) is 9.62. The molecule has 2 atom stereocenters. The van der Waals surface area contributed by atoms with Crippen LogP contribution in [-0.2, 0) is 5.54 Å². The highest BCUT2D eigenvalue weighted by Crippen LogP contribution is 2.58. The third-order valence-corrected chi connectivity index (χ3v) is 3.92. The van der Waals surface area contributed by atoms with Gasteiger partial charge in [-0.3, -0.25) is 0 Å². The summed E-state index contributed by atoms with van der Waals surface area (Å²) < 4.78 is 0. The molecule has 0 heterocycles. The SMILES string of the molecule is Nc1ccc(C2(NC(=O)O)CC2c2ccccc2)cc1. The highest BCUT2D eigenvalue weighted by molar-refractivity contribution is 5.68. The number of nitrogens with one attached hydrogen (secondary N) is 1. The zero-order valence-corrected chi connectivity index (χ0v) is 10.9. The monoisotopic (exact) mass is 268 g/mol. The number of nitrogen functional groups attached to an aromatic ring is 1. The molecule has 0 aliphatic heterocycles. The number of nitrogens with two attached hydrogens (primary N) is 1. The minimum atomic E-state index is -1.000. The van der Waals surface area contributed by atoms with Crippen molar-refractivity contribution in [3.8, 4) is 0 Å². The van der Waals surface area contributed by atoms with E-state index in [9.17, 15) is 4.79 Å². The molecule has 20 heavy (non-hydrogen) atoms. The number of benzene rings is 2. The second-order valence-corrected chi connectivity index (χ2v) is 5.19. The summed E-state index contributed by atoms with van der Waals surface area (Å²) in [5.41, 5.74) is 7.96. The Hall–Kier alpha value is -2.49. The van der Waals surface area contributed by atoms with Crippen LogP contribution in [0.4, 0.5) is 10.5 Å². The van der Waals surface area contributed by atoms with E-state index in [1.807, 2.05) is 42.5 Å². The van der Waals surface area contributed by atoms with Crippen LogP contribution in [-0.4, -0.2) is 11.2 Å². The smallest absolute Gasteiger partial charge is 0.405 e. The van der Waals surface area contributed by atoms with Crippen LogP contribution in [0.1, 0.15) is 23.5 Å². The third kappa shape index (κ3) is 2.09. The molecule has 3 rings (SSSR count). The number of amides is 1. The van der Waals surface area contributed by atoms with Gasteiger partial charge in [0, 0.05) is 11.6 Å². The molecule has 2 aromatic rings. The topological polar surface area (TPSA) is 75.3 Å². The van der Waals surface area contributed by atoms with Crippen molar-refractivity contribution in [2.24, 2.45) is 0 Å². The molecule has 4 N–H and O–H groups in total. The Labute approximate surface area is 117 Å². The zero-order valence-electron chi connectivity index (χ0n) is 10.9. The van der Waals surface area contributed by atoms with Gasteiger partial charge in [-0.15, -0.1) is 0 Å². The van der Waals surface area contributed by atoms with Gasteiger partial charge in [-0.05, 0) is 29.7 Å². The van der Waals surface area contributed by atoms with Crippen LogP contribution < -0.4 is 11.1 Å². The second-order valence-electron chi connectivity index (χ2n) is 5.19. The second kappa shape index (κ2) is 4.56. The lowest BCUT2D eigenvalue weighted by molar-refractivity contribution is 0.188. The molecular weight excluding hydrogens is 252 g/mol. The predicted molar refractivity (Wildman–Crippen MR) is 77.5 cm³/mol. The van der Waals surface area contributed by atoms with Crippen LogP contribution in [0.2, 0.25) is 0 Å². The molecule has 1 aliphatic carbocycles. The molecule has 1 saturated carbocycles. The Morgan fingerprint density at radius 2 is 1.80 bits per heavy atom. The molecule has 2 unspecified atom stereocenters. The van der Waals surface area contributed by atoms with E-state index in [1.54, 1.807) is 12.1 Å². The van der Waals surface area contributed by atoms with Gasteiger partial charge >= 0.3 is 6.09 Å². The molecule has 4 nitrogen and oxygen atoms in total. The van der Waals surface area contributed by atoms with Gasteiger partial charge in [-0.25, -0.2) is 4.79 Å². The maximum absolute atomic E-state index is 11.1. The van der Waals surface area contributed by atoms with Crippen molar-refractivity contribution in [3.05, 3.63) is 65.7 Å². The molecular formula is C16H16N2O2. The Kier molecular flexibility index (Phi) is 2.86. The number of anilines is 1. The van der Waals surface area contributed by atoms with Gasteiger partial charge in [0.1, 0.15) is 0 Å². The van der Waals surface area contributed by atoms with Crippen LogP contribution in [0, 0.1) is 0 Å². The average molecular weight is 268 g/mol. The Bertz CT molecular complexity index is 625. The highest BCUT2D eigenvalue weighted by Gasteiger charge is 2.57. The lowest BCUT2D eigenvalue weighted by Crippen LogP contribution is -2.35. The molecule has 0 spiro atoms. The van der Waals surface area contributed by atoms with Crippen LogP contribution in [0.3, 0.4) is 0 Å². The summed E-state index contributed by atoms with van der Waals surface area (Å²) in [4.78, 5) is 11.1. The molecule has 102 valence electrons. The number of rotatable bonds is 3. The molecule has 1 amide bonds. The summed E-state index contributed by atoms with van der Waals surface area (Å²) >= 11 is 0. The largest absolute Gasteiger partial charge is 0.465 e. The van der Waals surface area contributed by atoms with E-state index >= 15 is 0 Å². The summed E-state index contributed by atoms with van der Waals surface area (Å²) in [6, 6.07) is 17.4. The van der Waals surface area contributed by atoms with E-state index in [1.165, 1.54) is 0 Å². The molecule has 0 radical (unpaired) electrons. The third-order valence-electron chi connectivity index (χ3n) is 3.92. The van der Waals surface area contributed by atoms with Crippen molar-refractivity contribution in [2.45, 2.75) is 17.9 Å². The Morgan fingerprint density at radius 3 is 2.40 bits per heavy atom. The summed E-state index contributed by atoms with van der Waals surface area (Å²) in [7, 11) is 0. The fraction of sp³-hybridized carbons (Fsp3) is 0.188. The van der Waals surface area contributed by atoms with Crippen LogP contribution in [0.15, 0.2) is 54.6 Å². The molecule has 2 aromatic carbocycles. The minimum Gasteiger partial charge on any atom is -0.465 e. The lowest BCUT2D eigenvalue weighted by Gasteiger charge is -2.18. The fourth-order valence-electron chi connectivity index (χ4n) is 2.85. The van der Waals surface area contributed by atoms with E-state index < -0.39 is 11.6 Å². The van der Waals surface area contributed by atoms with Crippen molar-refractivity contribution < 1.29 is 9.90 Å². The molecule has 1 aliphatic rings. The van der Waals surface area contributed by atoms with E-state index in [2.05, 4.69) is 5.32 Å². The maximum Gasteiger partial charge on any atom is 0.405 e. The number of hydrogen-bond donors (Lipinski definition) is 3. The minimum absolute atomic E-state index is 0.170. The summed E-state index contributed by atoms with van der Waals surface area (Å²) in [5, 5.41) is 11.8.